The van der Waals surface area contributed by atoms with Crippen molar-refractivity contribution in [3.05, 3.63) is 18.2 Å². The second kappa shape index (κ2) is 8.10. The molecule has 0 bridgehead atoms. The first-order valence-electron chi connectivity index (χ1n) is 5.45. The lowest BCUT2D eigenvalue weighted by atomic mass is 10.4. The van der Waals surface area contributed by atoms with Gasteiger partial charge < -0.3 is 15.2 Å². The number of alkyl halides is 2. The Bertz CT molecular complexity index is 307. The van der Waals surface area contributed by atoms with Crippen molar-refractivity contribution in [1.29, 1.82) is 0 Å². The molecule has 98 valence electrons. The lowest BCUT2D eigenvalue weighted by Gasteiger charge is -2.07. The van der Waals surface area contributed by atoms with Gasteiger partial charge in [-0.1, -0.05) is 0 Å². The van der Waals surface area contributed by atoms with Crippen molar-refractivity contribution in [2.75, 3.05) is 26.4 Å². The molecular weight excluding hydrogens is 232 g/mol. The normalized spacial score (nSPS) is 11.3. The second-order valence-corrected chi connectivity index (χ2v) is 3.39. The third-order valence-electron chi connectivity index (χ3n) is 2.12. The molecule has 0 aliphatic rings. The number of hydrogen-bond acceptors (Lipinski definition) is 4. The molecule has 1 aromatic rings. The van der Waals surface area contributed by atoms with E-state index in [9.17, 15) is 8.78 Å². The van der Waals surface area contributed by atoms with Crippen LogP contribution in [0.15, 0.2) is 12.4 Å². The van der Waals surface area contributed by atoms with Crippen LogP contribution in [-0.4, -0.2) is 41.0 Å². The maximum Gasteiger partial charge on any atom is 0.319 e. The van der Waals surface area contributed by atoms with E-state index in [4.69, 9.17) is 9.84 Å². The van der Waals surface area contributed by atoms with Crippen LogP contribution in [0.4, 0.5) is 8.78 Å². The van der Waals surface area contributed by atoms with Crippen molar-refractivity contribution in [2.24, 2.45) is 0 Å². The molecule has 1 heterocycles. The van der Waals surface area contributed by atoms with Crippen LogP contribution in [0.2, 0.25) is 0 Å². The lowest BCUT2D eigenvalue weighted by Crippen LogP contribution is -2.19. The maximum atomic E-state index is 12.4. The summed E-state index contributed by atoms with van der Waals surface area (Å²) in [4.78, 5) is 3.84. The van der Waals surface area contributed by atoms with Gasteiger partial charge in [-0.2, -0.15) is 8.78 Å². The van der Waals surface area contributed by atoms with Gasteiger partial charge in [0.1, 0.15) is 5.82 Å². The van der Waals surface area contributed by atoms with E-state index in [2.05, 4.69) is 10.3 Å². The van der Waals surface area contributed by atoms with Crippen LogP contribution in [0.1, 0.15) is 18.8 Å². The number of aromatic nitrogens is 2. The molecule has 0 aliphatic heterocycles. The van der Waals surface area contributed by atoms with Crippen molar-refractivity contribution in [1.82, 2.24) is 14.9 Å². The lowest BCUT2D eigenvalue weighted by molar-refractivity contribution is 0.0665. The Morgan fingerprint density at radius 2 is 2.29 bits per heavy atom. The SMILES string of the molecule is OCCOCCCNCc1nccn1C(F)F. The number of nitrogens with zero attached hydrogens (tertiary/aromatic N) is 2. The van der Waals surface area contributed by atoms with E-state index in [1.54, 1.807) is 0 Å². The Morgan fingerprint density at radius 1 is 1.47 bits per heavy atom. The zero-order chi connectivity index (χ0) is 12.5. The molecule has 0 unspecified atom stereocenters. The Morgan fingerprint density at radius 3 is 3.00 bits per heavy atom. The predicted octanol–water partition coefficient (Wildman–Crippen LogP) is 0.767. The first-order valence-corrected chi connectivity index (χ1v) is 5.45. The number of aliphatic hydroxyl groups excluding tert-OH is 1. The van der Waals surface area contributed by atoms with Crippen LogP contribution in [0.25, 0.3) is 0 Å². The molecule has 17 heavy (non-hydrogen) atoms. The molecule has 1 rings (SSSR count). The van der Waals surface area contributed by atoms with Gasteiger partial charge in [0.2, 0.25) is 0 Å². The quantitative estimate of drug-likeness (QED) is 0.635. The zero-order valence-corrected chi connectivity index (χ0v) is 9.48. The molecule has 0 spiro atoms. The molecule has 5 nitrogen and oxygen atoms in total. The van der Waals surface area contributed by atoms with Gasteiger partial charge in [0.25, 0.3) is 0 Å². The van der Waals surface area contributed by atoms with Crippen LogP contribution in [0.5, 0.6) is 0 Å². The van der Waals surface area contributed by atoms with E-state index in [0.717, 1.165) is 11.0 Å². The molecule has 0 fully saturated rings. The number of aliphatic hydroxyl groups is 1. The third-order valence-corrected chi connectivity index (χ3v) is 2.12. The molecule has 0 aliphatic carbocycles. The molecule has 0 saturated heterocycles. The summed E-state index contributed by atoms with van der Waals surface area (Å²) in [6, 6.07) is 0. The molecule has 1 aromatic heterocycles. The van der Waals surface area contributed by atoms with Crippen molar-refractivity contribution in [2.45, 2.75) is 19.5 Å². The van der Waals surface area contributed by atoms with E-state index < -0.39 is 6.55 Å². The zero-order valence-electron chi connectivity index (χ0n) is 9.48. The highest BCUT2D eigenvalue weighted by molar-refractivity contribution is 4.92. The highest BCUT2D eigenvalue weighted by Crippen LogP contribution is 2.11. The van der Waals surface area contributed by atoms with Crippen molar-refractivity contribution >= 4 is 0 Å². The van der Waals surface area contributed by atoms with Crippen LogP contribution in [-0.2, 0) is 11.3 Å². The molecule has 2 N–H and O–H groups in total. The monoisotopic (exact) mass is 249 g/mol. The standard InChI is InChI=1S/C10H17F2N3O2/c11-10(12)15-4-3-14-9(15)8-13-2-1-6-17-7-5-16/h3-4,10,13,16H,1-2,5-8H2. The van der Waals surface area contributed by atoms with Gasteiger partial charge in [0.05, 0.1) is 19.8 Å². The van der Waals surface area contributed by atoms with E-state index in [1.165, 1.54) is 12.4 Å². The minimum atomic E-state index is -2.55. The highest BCUT2D eigenvalue weighted by Gasteiger charge is 2.10. The van der Waals surface area contributed by atoms with Crippen LogP contribution in [0.3, 0.4) is 0 Å². The largest absolute Gasteiger partial charge is 0.394 e. The number of imidazole rings is 1. The minimum Gasteiger partial charge on any atom is -0.394 e. The van der Waals surface area contributed by atoms with E-state index >= 15 is 0 Å². The summed E-state index contributed by atoms with van der Waals surface area (Å²) in [5, 5.41) is 11.5. The van der Waals surface area contributed by atoms with Crippen LogP contribution >= 0.6 is 0 Å². The Hall–Kier alpha value is -1.05. The highest BCUT2D eigenvalue weighted by atomic mass is 19.3. The summed E-state index contributed by atoms with van der Waals surface area (Å²) in [6.07, 6.45) is 3.37. The number of hydrogen-bond donors (Lipinski definition) is 2. The fourth-order valence-electron chi connectivity index (χ4n) is 1.32. The van der Waals surface area contributed by atoms with Gasteiger partial charge in [-0.3, -0.25) is 4.57 Å². The summed E-state index contributed by atoms with van der Waals surface area (Å²) in [7, 11) is 0. The van der Waals surface area contributed by atoms with Crippen LogP contribution < -0.4 is 5.32 Å². The fourth-order valence-corrected chi connectivity index (χ4v) is 1.32. The van der Waals surface area contributed by atoms with Gasteiger partial charge >= 0.3 is 6.55 Å². The average Bonchev–Trinajstić information content (AvgIpc) is 2.76. The number of ether oxygens (including phenoxy) is 1. The average molecular weight is 249 g/mol. The Labute approximate surface area is 98.4 Å². The van der Waals surface area contributed by atoms with E-state index in [-0.39, 0.29) is 6.61 Å². The van der Waals surface area contributed by atoms with Gasteiger partial charge in [0, 0.05) is 19.0 Å². The molecule has 0 aromatic carbocycles. The van der Waals surface area contributed by atoms with Gasteiger partial charge in [-0.25, -0.2) is 4.98 Å². The van der Waals surface area contributed by atoms with Crippen molar-refractivity contribution < 1.29 is 18.6 Å². The topological polar surface area (TPSA) is 59.3 Å². The molecule has 7 heteroatoms. The second-order valence-electron chi connectivity index (χ2n) is 3.39. The van der Waals surface area contributed by atoms with E-state index in [0.29, 0.717) is 32.1 Å². The predicted molar refractivity (Wildman–Crippen MR) is 57.7 cm³/mol. The summed E-state index contributed by atoms with van der Waals surface area (Å²) >= 11 is 0. The summed E-state index contributed by atoms with van der Waals surface area (Å²) in [5.74, 6) is 0.316. The molecule has 0 saturated carbocycles. The summed E-state index contributed by atoms with van der Waals surface area (Å²) in [5.41, 5.74) is 0. The Kier molecular flexibility index (Phi) is 6.68. The minimum absolute atomic E-state index is 0.0131. The van der Waals surface area contributed by atoms with E-state index in [1.807, 2.05) is 0 Å². The molecule has 0 atom stereocenters. The van der Waals surface area contributed by atoms with Crippen LogP contribution in [0, 0.1) is 0 Å². The number of nitrogens with one attached hydrogen (secondary N) is 1. The first-order chi connectivity index (χ1) is 8.25. The fraction of sp³-hybridized carbons (Fsp3) is 0.700. The van der Waals surface area contributed by atoms with Gasteiger partial charge in [0.15, 0.2) is 0 Å². The molecule has 0 radical (unpaired) electrons. The van der Waals surface area contributed by atoms with Gasteiger partial charge in [-0.15, -0.1) is 0 Å². The summed E-state index contributed by atoms with van der Waals surface area (Å²) < 4.78 is 30.7. The number of rotatable bonds is 9. The van der Waals surface area contributed by atoms with Crippen molar-refractivity contribution in [3.8, 4) is 0 Å². The number of halogens is 2. The molecule has 0 amide bonds. The first kappa shape index (κ1) is 14.0. The smallest absolute Gasteiger partial charge is 0.319 e. The van der Waals surface area contributed by atoms with Crippen molar-refractivity contribution in [3.63, 3.8) is 0 Å². The molecular formula is C10H17F2N3O2. The Balaban J connectivity index is 2.11. The maximum absolute atomic E-state index is 12.4. The van der Waals surface area contributed by atoms with Gasteiger partial charge in [-0.05, 0) is 13.0 Å². The third kappa shape index (κ3) is 5.20. The summed E-state index contributed by atoms with van der Waals surface area (Å²) in [6.45, 7) is -0.715.